The molecule has 0 aromatic heterocycles. The number of anilines is 1. The van der Waals surface area contributed by atoms with E-state index in [2.05, 4.69) is 5.32 Å². The quantitative estimate of drug-likeness (QED) is 0.854. The Hall–Kier alpha value is -2.16. The third kappa shape index (κ3) is 1.91. The third-order valence-corrected chi connectivity index (χ3v) is 2.69. The number of fused-ring (bicyclic) bond motifs is 1. The molecule has 1 aliphatic rings. The van der Waals surface area contributed by atoms with Crippen LogP contribution in [0.2, 0.25) is 0 Å². The second-order valence-corrected chi connectivity index (χ2v) is 3.98. The summed E-state index contributed by atoms with van der Waals surface area (Å²) in [6.07, 6.45) is -0.450. The van der Waals surface area contributed by atoms with Gasteiger partial charge in [-0.1, -0.05) is 30.3 Å². The zero-order valence-electron chi connectivity index (χ0n) is 9.51. The largest absolute Gasteiger partial charge is 0.433 e. The van der Waals surface area contributed by atoms with E-state index in [1.807, 2.05) is 55.5 Å². The monoisotopic (exact) mass is 227 g/mol. The number of rotatable bonds is 2. The van der Waals surface area contributed by atoms with E-state index in [9.17, 15) is 0 Å². The Bertz CT molecular complexity index is 525. The number of nitrogens with one attached hydrogen (secondary N) is 1. The fourth-order valence-electron chi connectivity index (χ4n) is 1.85. The van der Waals surface area contributed by atoms with E-state index in [-0.39, 0.29) is 0 Å². The first-order valence-corrected chi connectivity index (χ1v) is 5.57. The zero-order chi connectivity index (χ0) is 11.7. The molecule has 0 aliphatic carbocycles. The van der Waals surface area contributed by atoms with Gasteiger partial charge in [0.2, 0.25) is 0 Å². The summed E-state index contributed by atoms with van der Waals surface area (Å²) in [5.74, 6) is 1.61. The predicted octanol–water partition coefficient (Wildman–Crippen LogP) is 3.16. The van der Waals surface area contributed by atoms with Crippen molar-refractivity contribution < 1.29 is 9.47 Å². The molecule has 0 radical (unpaired) electrons. The molecule has 1 aliphatic heterocycles. The Labute approximate surface area is 100.0 Å². The summed E-state index contributed by atoms with van der Waals surface area (Å²) < 4.78 is 11.4. The number of para-hydroxylation sites is 2. The summed E-state index contributed by atoms with van der Waals surface area (Å²) in [6.45, 7) is 2.01. The lowest BCUT2D eigenvalue weighted by Crippen LogP contribution is -2.27. The van der Waals surface area contributed by atoms with E-state index >= 15 is 0 Å². The van der Waals surface area contributed by atoms with Gasteiger partial charge in [-0.25, -0.2) is 0 Å². The number of ether oxygens (including phenoxy) is 2. The van der Waals surface area contributed by atoms with Crippen LogP contribution < -0.4 is 14.8 Å². The minimum absolute atomic E-state index is 0.450. The molecule has 2 aromatic rings. The normalized spacial score (nSPS) is 16.9. The molecular weight excluding hydrogens is 214 g/mol. The molecule has 1 unspecified atom stereocenters. The highest BCUT2D eigenvalue weighted by molar-refractivity contribution is 5.50. The van der Waals surface area contributed by atoms with Crippen LogP contribution in [0.15, 0.2) is 48.5 Å². The fraction of sp³-hybridized carbons (Fsp3) is 0.143. The third-order valence-electron chi connectivity index (χ3n) is 2.69. The summed E-state index contributed by atoms with van der Waals surface area (Å²) in [6, 6.07) is 15.7. The van der Waals surface area contributed by atoms with E-state index in [0.717, 1.165) is 22.7 Å². The van der Waals surface area contributed by atoms with Gasteiger partial charge in [0.05, 0.1) is 0 Å². The maximum Gasteiger partial charge on any atom is 0.325 e. The molecule has 0 fully saturated rings. The van der Waals surface area contributed by atoms with E-state index < -0.39 is 6.41 Å². The SMILES string of the molecule is Cc1cccc2c1OC(Nc1ccccc1)O2. The lowest BCUT2D eigenvalue weighted by atomic mass is 10.2. The van der Waals surface area contributed by atoms with E-state index in [0.29, 0.717) is 0 Å². The summed E-state index contributed by atoms with van der Waals surface area (Å²) >= 11 is 0. The average molecular weight is 227 g/mol. The molecule has 86 valence electrons. The molecule has 3 rings (SSSR count). The van der Waals surface area contributed by atoms with E-state index in [4.69, 9.17) is 9.47 Å². The Morgan fingerprint density at radius 3 is 2.53 bits per heavy atom. The standard InChI is InChI=1S/C14H13NO2/c1-10-6-5-9-12-13(10)17-14(16-12)15-11-7-3-2-4-8-11/h2-9,14-15H,1H3. The van der Waals surface area contributed by atoms with Crippen LogP contribution in [0.4, 0.5) is 5.69 Å². The first kappa shape index (κ1) is 10.0. The highest BCUT2D eigenvalue weighted by Crippen LogP contribution is 2.37. The van der Waals surface area contributed by atoms with Crippen molar-refractivity contribution in [2.45, 2.75) is 13.3 Å². The lowest BCUT2D eigenvalue weighted by Gasteiger charge is -2.13. The molecule has 0 amide bonds. The van der Waals surface area contributed by atoms with Crippen molar-refractivity contribution in [1.29, 1.82) is 0 Å². The molecule has 17 heavy (non-hydrogen) atoms. The van der Waals surface area contributed by atoms with Crippen LogP contribution >= 0.6 is 0 Å². The molecule has 0 spiro atoms. The average Bonchev–Trinajstić information content (AvgIpc) is 2.74. The van der Waals surface area contributed by atoms with Crippen molar-refractivity contribution in [3.8, 4) is 11.5 Å². The number of benzene rings is 2. The highest BCUT2D eigenvalue weighted by atomic mass is 16.7. The molecular formula is C14H13NO2. The zero-order valence-corrected chi connectivity index (χ0v) is 9.51. The second kappa shape index (κ2) is 4.01. The Balaban J connectivity index is 1.77. The van der Waals surface area contributed by atoms with Gasteiger partial charge < -0.3 is 14.8 Å². The van der Waals surface area contributed by atoms with Crippen molar-refractivity contribution in [2.75, 3.05) is 5.32 Å². The number of hydrogen-bond donors (Lipinski definition) is 1. The van der Waals surface area contributed by atoms with Gasteiger partial charge in [-0.3, -0.25) is 0 Å². The van der Waals surface area contributed by atoms with Crippen LogP contribution in [0.5, 0.6) is 11.5 Å². The van der Waals surface area contributed by atoms with Gasteiger partial charge in [-0.15, -0.1) is 0 Å². The molecule has 1 heterocycles. The van der Waals surface area contributed by atoms with Crippen molar-refractivity contribution in [2.24, 2.45) is 0 Å². The predicted molar refractivity (Wildman–Crippen MR) is 66.3 cm³/mol. The topological polar surface area (TPSA) is 30.5 Å². The Kier molecular flexibility index (Phi) is 2.37. The highest BCUT2D eigenvalue weighted by Gasteiger charge is 2.24. The second-order valence-electron chi connectivity index (χ2n) is 3.98. The van der Waals surface area contributed by atoms with Crippen LogP contribution in [-0.2, 0) is 0 Å². The fourth-order valence-corrected chi connectivity index (χ4v) is 1.85. The van der Waals surface area contributed by atoms with Crippen LogP contribution in [0, 0.1) is 6.92 Å². The summed E-state index contributed by atoms with van der Waals surface area (Å²) in [4.78, 5) is 0. The van der Waals surface area contributed by atoms with Crippen molar-refractivity contribution in [3.05, 3.63) is 54.1 Å². The molecule has 0 saturated heterocycles. The Morgan fingerprint density at radius 2 is 1.76 bits per heavy atom. The van der Waals surface area contributed by atoms with Crippen LogP contribution in [0.25, 0.3) is 0 Å². The number of aryl methyl sites for hydroxylation is 1. The van der Waals surface area contributed by atoms with Crippen molar-refractivity contribution >= 4 is 5.69 Å². The van der Waals surface area contributed by atoms with E-state index in [1.54, 1.807) is 0 Å². The molecule has 2 aromatic carbocycles. The minimum Gasteiger partial charge on any atom is -0.433 e. The van der Waals surface area contributed by atoms with Gasteiger partial charge in [0.25, 0.3) is 0 Å². The molecule has 0 saturated carbocycles. The lowest BCUT2D eigenvalue weighted by molar-refractivity contribution is 0.0761. The van der Waals surface area contributed by atoms with Gasteiger partial charge in [-0.2, -0.15) is 0 Å². The molecule has 0 bridgehead atoms. The smallest absolute Gasteiger partial charge is 0.325 e. The van der Waals surface area contributed by atoms with Gasteiger partial charge in [0.15, 0.2) is 11.5 Å². The molecule has 3 heteroatoms. The van der Waals surface area contributed by atoms with Gasteiger partial charge in [0.1, 0.15) is 0 Å². The summed E-state index contributed by atoms with van der Waals surface area (Å²) in [5, 5.41) is 3.17. The maximum atomic E-state index is 5.71. The maximum absolute atomic E-state index is 5.71. The van der Waals surface area contributed by atoms with Crippen LogP contribution in [0.1, 0.15) is 5.56 Å². The Morgan fingerprint density at radius 1 is 0.941 bits per heavy atom. The van der Waals surface area contributed by atoms with E-state index in [1.165, 1.54) is 0 Å². The molecule has 1 atom stereocenters. The first-order valence-electron chi connectivity index (χ1n) is 5.57. The van der Waals surface area contributed by atoms with Gasteiger partial charge >= 0.3 is 6.41 Å². The van der Waals surface area contributed by atoms with Crippen LogP contribution in [0.3, 0.4) is 0 Å². The summed E-state index contributed by atoms with van der Waals surface area (Å²) in [5.41, 5.74) is 2.06. The van der Waals surface area contributed by atoms with Crippen molar-refractivity contribution in [1.82, 2.24) is 0 Å². The summed E-state index contributed by atoms with van der Waals surface area (Å²) in [7, 11) is 0. The van der Waals surface area contributed by atoms with Crippen molar-refractivity contribution in [3.63, 3.8) is 0 Å². The molecule has 1 N–H and O–H groups in total. The van der Waals surface area contributed by atoms with Gasteiger partial charge in [0, 0.05) is 5.69 Å². The number of hydrogen-bond acceptors (Lipinski definition) is 3. The minimum atomic E-state index is -0.450. The van der Waals surface area contributed by atoms with Crippen LogP contribution in [-0.4, -0.2) is 6.41 Å². The van der Waals surface area contributed by atoms with Gasteiger partial charge in [-0.05, 0) is 30.7 Å². The molecule has 3 nitrogen and oxygen atoms in total. The first-order chi connectivity index (χ1) is 8.33.